The molecule has 1 N–H and O–H groups in total. The molecule has 1 aliphatic rings. The van der Waals surface area contributed by atoms with E-state index in [1.807, 2.05) is 18.2 Å². The van der Waals surface area contributed by atoms with Crippen molar-refractivity contribution in [3.8, 4) is 16.5 Å². The number of hydrogen-bond donors (Lipinski definition) is 1. The number of aliphatic hydroxyl groups excluding tert-OH is 1. The van der Waals surface area contributed by atoms with Crippen molar-refractivity contribution < 1.29 is 23.8 Å². The fourth-order valence-electron chi connectivity index (χ4n) is 5.12. The van der Waals surface area contributed by atoms with Crippen LogP contribution in [0.2, 0.25) is 0 Å². The molecule has 1 amide bonds. The van der Waals surface area contributed by atoms with Crippen LogP contribution in [0.4, 0.5) is 0 Å². The molecule has 4 heterocycles. The quantitative estimate of drug-likeness (QED) is 0.334. The van der Waals surface area contributed by atoms with Crippen LogP contribution in [0, 0.1) is 6.92 Å². The lowest BCUT2D eigenvalue weighted by Crippen LogP contribution is -2.49. The molecular formula is C27H30N4O7S. The molecule has 1 aromatic carbocycles. The maximum atomic E-state index is 14.1. The molecule has 1 fully saturated rings. The number of carbonyl (C=O) groups excluding carboxylic acids is 1. The standard InChI is InChI=1S/C27H30N4O7S/c1-16-21-25(34)31(18-8-6-11-29(2)24(18)33)27(35)30(26(21)39-22(16)23-28-10-13-38-23)15-20(37-14-12-32)17-7-4-5-9-19(17)36-3/h4-5,7,9-10,13,18,20,32H,6,8,11-12,14-15H2,1-3H3/t18-,20+/m1/s1. The summed E-state index contributed by atoms with van der Waals surface area (Å²) in [5, 5.41) is 9.83. The van der Waals surface area contributed by atoms with Crippen molar-refractivity contribution in [1.82, 2.24) is 19.0 Å². The van der Waals surface area contributed by atoms with Crippen LogP contribution in [0.3, 0.4) is 0 Å². The minimum atomic E-state index is -0.910. The highest BCUT2D eigenvalue weighted by molar-refractivity contribution is 7.22. The number of methoxy groups -OCH3 is 1. The van der Waals surface area contributed by atoms with E-state index in [2.05, 4.69) is 4.98 Å². The summed E-state index contributed by atoms with van der Waals surface area (Å²) in [5.74, 6) is 0.625. The zero-order valence-corrected chi connectivity index (χ0v) is 22.8. The number of hydrogen-bond acceptors (Lipinski definition) is 9. The van der Waals surface area contributed by atoms with Gasteiger partial charge in [-0.05, 0) is 31.4 Å². The summed E-state index contributed by atoms with van der Waals surface area (Å²) in [5.41, 5.74) is 0.179. The number of likely N-dealkylation sites (tertiary alicyclic amines) is 1. The zero-order chi connectivity index (χ0) is 27.7. The van der Waals surface area contributed by atoms with Crippen LogP contribution in [0.25, 0.3) is 21.0 Å². The molecule has 0 radical (unpaired) electrons. The molecule has 0 spiro atoms. The molecule has 39 heavy (non-hydrogen) atoms. The van der Waals surface area contributed by atoms with Gasteiger partial charge in [-0.25, -0.2) is 14.3 Å². The van der Waals surface area contributed by atoms with Crippen LogP contribution >= 0.6 is 11.3 Å². The molecule has 12 heteroatoms. The second kappa shape index (κ2) is 11.2. The minimum Gasteiger partial charge on any atom is -0.496 e. The van der Waals surface area contributed by atoms with E-state index in [9.17, 15) is 19.5 Å². The molecule has 3 aromatic heterocycles. The summed E-state index contributed by atoms with van der Waals surface area (Å²) in [6.07, 6.45) is 3.32. The molecule has 206 valence electrons. The number of oxazole rings is 1. The first kappa shape index (κ1) is 26.9. The number of fused-ring (bicyclic) bond motifs is 1. The number of likely N-dealkylation sites (N-methyl/N-ethyl adjacent to an activating group) is 1. The van der Waals surface area contributed by atoms with Crippen molar-refractivity contribution in [2.75, 3.05) is 33.9 Å². The van der Waals surface area contributed by atoms with Gasteiger partial charge in [0.15, 0.2) is 0 Å². The van der Waals surface area contributed by atoms with Gasteiger partial charge in [-0.1, -0.05) is 18.2 Å². The van der Waals surface area contributed by atoms with Crippen LogP contribution in [-0.2, 0) is 16.1 Å². The minimum absolute atomic E-state index is 0.0116. The Labute approximate surface area is 227 Å². The third-order valence-corrected chi connectivity index (χ3v) is 8.36. The third-order valence-electron chi connectivity index (χ3n) is 7.06. The van der Waals surface area contributed by atoms with E-state index in [4.69, 9.17) is 13.9 Å². The fraction of sp³-hybridized carbons (Fsp3) is 0.407. The number of aliphatic hydroxyl groups is 1. The molecule has 0 bridgehead atoms. The molecule has 4 aromatic rings. The number of thiophene rings is 1. The number of piperidine rings is 1. The normalized spacial score (nSPS) is 16.7. The first-order chi connectivity index (χ1) is 18.9. The van der Waals surface area contributed by atoms with Gasteiger partial charge in [0.05, 0.1) is 43.3 Å². The van der Waals surface area contributed by atoms with Crippen LogP contribution in [0.1, 0.15) is 36.1 Å². The number of benzene rings is 1. The van der Waals surface area contributed by atoms with Crippen LogP contribution in [0.5, 0.6) is 5.75 Å². The van der Waals surface area contributed by atoms with Crippen LogP contribution in [0.15, 0.2) is 50.7 Å². The summed E-state index contributed by atoms with van der Waals surface area (Å²) in [6, 6.07) is 6.37. The number of carbonyl (C=O) groups is 1. The maximum absolute atomic E-state index is 14.1. The van der Waals surface area contributed by atoms with Gasteiger partial charge < -0.3 is 23.9 Å². The lowest BCUT2D eigenvalue weighted by atomic mass is 10.0. The number of aromatic nitrogens is 3. The van der Waals surface area contributed by atoms with Crippen molar-refractivity contribution in [3.63, 3.8) is 0 Å². The van der Waals surface area contributed by atoms with Gasteiger partial charge in [0.1, 0.15) is 29.0 Å². The van der Waals surface area contributed by atoms with Gasteiger partial charge >= 0.3 is 5.69 Å². The molecule has 0 unspecified atom stereocenters. The second-order valence-corrected chi connectivity index (χ2v) is 10.4. The van der Waals surface area contributed by atoms with Gasteiger partial charge in [0.2, 0.25) is 11.8 Å². The highest BCUT2D eigenvalue weighted by atomic mass is 32.1. The molecule has 0 aliphatic carbocycles. The van der Waals surface area contributed by atoms with Gasteiger partial charge in [-0.15, -0.1) is 11.3 Å². The Hall–Kier alpha value is -3.74. The molecule has 2 atom stereocenters. The summed E-state index contributed by atoms with van der Waals surface area (Å²) in [4.78, 5) is 48.1. The third kappa shape index (κ3) is 4.79. The molecule has 0 saturated carbocycles. The van der Waals surface area contributed by atoms with Crippen molar-refractivity contribution in [2.24, 2.45) is 0 Å². The summed E-state index contributed by atoms with van der Waals surface area (Å²) < 4.78 is 19.7. The maximum Gasteiger partial charge on any atom is 0.332 e. The highest BCUT2D eigenvalue weighted by Crippen LogP contribution is 2.37. The number of amides is 1. The number of nitrogens with zero attached hydrogens (tertiary/aromatic N) is 4. The summed E-state index contributed by atoms with van der Waals surface area (Å²) in [7, 11) is 3.22. The second-order valence-electron chi connectivity index (χ2n) is 9.38. The monoisotopic (exact) mass is 554 g/mol. The number of ether oxygens (including phenoxy) is 2. The summed E-state index contributed by atoms with van der Waals surface area (Å²) >= 11 is 1.23. The number of aryl methyl sites for hydroxylation is 1. The average molecular weight is 555 g/mol. The Morgan fingerprint density at radius 2 is 2.05 bits per heavy atom. The lowest BCUT2D eigenvalue weighted by Gasteiger charge is -2.30. The highest BCUT2D eigenvalue weighted by Gasteiger charge is 2.33. The van der Waals surface area contributed by atoms with E-state index in [1.165, 1.54) is 28.4 Å². The number of rotatable bonds is 9. The van der Waals surface area contributed by atoms with Gasteiger partial charge in [0.25, 0.3) is 5.56 Å². The summed E-state index contributed by atoms with van der Waals surface area (Å²) in [6.45, 7) is 2.17. The molecule has 1 saturated heterocycles. The van der Waals surface area contributed by atoms with Gasteiger partial charge in [-0.2, -0.15) is 0 Å². The smallest absolute Gasteiger partial charge is 0.332 e. The Kier molecular flexibility index (Phi) is 7.69. The average Bonchev–Trinajstić information content (AvgIpc) is 3.59. The van der Waals surface area contributed by atoms with Gasteiger partial charge in [0, 0.05) is 19.2 Å². The molecule has 1 aliphatic heterocycles. The molecule has 5 rings (SSSR count). The lowest BCUT2D eigenvalue weighted by molar-refractivity contribution is -0.136. The predicted molar refractivity (Wildman–Crippen MR) is 145 cm³/mol. The van der Waals surface area contributed by atoms with Crippen LogP contribution < -0.4 is 16.0 Å². The fourth-order valence-corrected chi connectivity index (χ4v) is 6.37. The van der Waals surface area contributed by atoms with Gasteiger partial charge in [-0.3, -0.25) is 14.2 Å². The van der Waals surface area contributed by atoms with Crippen LogP contribution in [-0.4, -0.2) is 63.9 Å². The van der Waals surface area contributed by atoms with E-state index in [0.717, 1.165) is 4.57 Å². The SMILES string of the molecule is COc1ccccc1[C@H](Cn1c(=O)n([C@@H]2CCCN(C)C2=O)c(=O)c2c(C)c(-c3ncco3)sc21)OCCO. The predicted octanol–water partition coefficient (Wildman–Crippen LogP) is 2.74. The largest absolute Gasteiger partial charge is 0.496 e. The van der Waals surface area contributed by atoms with E-state index in [0.29, 0.717) is 57.2 Å². The molecular weight excluding hydrogens is 524 g/mol. The number of para-hydroxylation sites is 1. The van der Waals surface area contributed by atoms with Crippen molar-refractivity contribution in [1.29, 1.82) is 0 Å². The van der Waals surface area contributed by atoms with Crippen molar-refractivity contribution >= 4 is 27.5 Å². The zero-order valence-electron chi connectivity index (χ0n) is 22.0. The first-order valence-electron chi connectivity index (χ1n) is 12.7. The Morgan fingerprint density at radius 1 is 1.26 bits per heavy atom. The van der Waals surface area contributed by atoms with Crippen molar-refractivity contribution in [2.45, 2.75) is 38.5 Å². The Balaban J connectivity index is 1.76. The topological polar surface area (TPSA) is 129 Å². The first-order valence-corrected chi connectivity index (χ1v) is 13.5. The van der Waals surface area contributed by atoms with E-state index >= 15 is 0 Å². The van der Waals surface area contributed by atoms with Crippen molar-refractivity contribution in [3.05, 3.63) is 68.7 Å². The molecule has 11 nitrogen and oxygen atoms in total. The Bertz CT molecular complexity index is 1600. The van der Waals surface area contributed by atoms with E-state index < -0.39 is 23.4 Å². The van der Waals surface area contributed by atoms with E-state index in [1.54, 1.807) is 32.0 Å². The van der Waals surface area contributed by atoms with E-state index in [-0.39, 0.29) is 25.7 Å². The Morgan fingerprint density at radius 3 is 2.77 bits per heavy atom.